The van der Waals surface area contributed by atoms with Gasteiger partial charge >= 0.3 is 0 Å². The molecule has 0 fully saturated rings. The summed E-state index contributed by atoms with van der Waals surface area (Å²) in [6.45, 7) is 0. The summed E-state index contributed by atoms with van der Waals surface area (Å²) >= 11 is 6.51. The quantitative estimate of drug-likeness (QED) is 0.582. The Labute approximate surface area is 129 Å². The summed E-state index contributed by atoms with van der Waals surface area (Å²) in [5.74, 6) is 0. The molecule has 0 amide bonds. The lowest BCUT2D eigenvalue weighted by Gasteiger charge is -2.18. The maximum atomic E-state index is 6.51. The van der Waals surface area contributed by atoms with Crippen molar-refractivity contribution in [3.63, 3.8) is 0 Å². The summed E-state index contributed by atoms with van der Waals surface area (Å²) in [7, 11) is 0. The van der Waals surface area contributed by atoms with Crippen LogP contribution in [0.4, 0.5) is 0 Å². The molecule has 0 radical (unpaired) electrons. The third-order valence-corrected chi connectivity index (χ3v) is 4.64. The zero-order valence-electron chi connectivity index (χ0n) is 11.8. The molecule has 0 atom stereocenters. The number of benzene rings is 2. The van der Waals surface area contributed by atoms with Crippen molar-refractivity contribution in [3.8, 4) is 11.3 Å². The molecular formula is C19H16ClN. The third kappa shape index (κ3) is 2.22. The number of hydrogen-bond donors (Lipinski definition) is 0. The molecule has 0 aliphatic heterocycles. The second-order valence-corrected chi connectivity index (χ2v) is 6.07. The normalized spacial score (nSPS) is 14.1. The number of rotatable bonds is 1. The first-order chi connectivity index (χ1) is 10.3. The minimum absolute atomic E-state index is 0.798. The van der Waals surface area contributed by atoms with Gasteiger partial charge in [-0.25, -0.2) is 4.98 Å². The van der Waals surface area contributed by atoms with Crippen LogP contribution in [-0.4, -0.2) is 4.98 Å². The van der Waals surface area contributed by atoms with Gasteiger partial charge < -0.3 is 0 Å². The van der Waals surface area contributed by atoms with Gasteiger partial charge in [-0.15, -0.1) is 0 Å². The first kappa shape index (κ1) is 12.8. The van der Waals surface area contributed by atoms with Gasteiger partial charge in [0, 0.05) is 10.9 Å². The Morgan fingerprint density at radius 2 is 1.71 bits per heavy atom. The van der Waals surface area contributed by atoms with E-state index in [2.05, 4.69) is 24.3 Å². The monoisotopic (exact) mass is 293 g/mol. The van der Waals surface area contributed by atoms with Crippen LogP contribution in [0.1, 0.15) is 24.0 Å². The van der Waals surface area contributed by atoms with E-state index in [-0.39, 0.29) is 0 Å². The Balaban J connectivity index is 1.99. The number of hydrogen-bond acceptors (Lipinski definition) is 1. The molecule has 0 saturated carbocycles. The molecule has 0 bridgehead atoms. The third-order valence-electron chi connectivity index (χ3n) is 4.33. The molecule has 104 valence electrons. The smallest absolute Gasteiger partial charge is 0.0759 e. The van der Waals surface area contributed by atoms with E-state index in [1.54, 1.807) is 0 Å². The highest BCUT2D eigenvalue weighted by atomic mass is 35.5. The van der Waals surface area contributed by atoms with Crippen molar-refractivity contribution in [2.75, 3.05) is 0 Å². The number of halogens is 1. The van der Waals surface area contributed by atoms with Gasteiger partial charge in [0.1, 0.15) is 0 Å². The van der Waals surface area contributed by atoms with Crippen molar-refractivity contribution in [1.82, 2.24) is 4.98 Å². The van der Waals surface area contributed by atoms with Crippen LogP contribution in [0.2, 0.25) is 5.02 Å². The van der Waals surface area contributed by atoms with Crippen LogP contribution in [0.3, 0.4) is 0 Å². The fourth-order valence-corrected chi connectivity index (χ4v) is 3.49. The Morgan fingerprint density at radius 3 is 2.57 bits per heavy atom. The molecule has 0 saturated heterocycles. The van der Waals surface area contributed by atoms with Crippen molar-refractivity contribution in [1.29, 1.82) is 0 Å². The van der Waals surface area contributed by atoms with E-state index < -0.39 is 0 Å². The summed E-state index contributed by atoms with van der Waals surface area (Å²) in [4.78, 5) is 4.94. The molecular weight excluding hydrogens is 278 g/mol. The molecule has 3 aromatic rings. The van der Waals surface area contributed by atoms with E-state index in [0.717, 1.165) is 33.6 Å². The van der Waals surface area contributed by atoms with Gasteiger partial charge in [0.25, 0.3) is 0 Å². The molecule has 1 aliphatic rings. The lowest BCUT2D eigenvalue weighted by Crippen LogP contribution is -2.04. The lowest BCUT2D eigenvalue weighted by atomic mass is 9.89. The Hall–Kier alpha value is -1.86. The van der Waals surface area contributed by atoms with Crippen LogP contribution in [-0.2, 0) is 12.8 Å². The molecule has 1 aromatic heterocycles. The molecule has 2 aromatic carbocycles. The van der Waals surface area contributed by atoms with Crippen LogP contribution >= 0.6 is 11.6 Å². The number of nitrogens with zero attached hydrogens (tertiary/aromatic N) is 1. The molecule has 0 unspecified atom stereocenters. The predicted molar refractivity (Wildman–Crippen MR) is 88.8 cm³/mol. The Morgan fingerprint density at radius 1 is 0.905 bits per heavy atom. The molecule has 2 heteroatoms. The first-order valence-corrected chi connectivity index (χ1v) is 7.87. The summed E-state index contributed by atoms with van der Waals surface area (Å²) in [5.41, 5.74) is 6.03. The highest BCUT2D eigenvalue weighted by Gasteiger charge is 2.15. The van der Waals surface area contributed by atoms with E-state index in [1.165, 1.54) is 30.4 Å². The van der Waals surface area contributed by atoms with Gasteiger partial charge in [0.2, 0.25) is 0 Å². The topological polar surface area (TPSA) is 12.9 Å². The summed E-state index contributed by atoms with van der Waals surface area (Å²) in [5, 5.41) is 1.88. The molecule has 4 rings (SSSR count). The van der Waals surface area contributed by atoms with Gasteiger partial charge in [0.15, 0.2) is 0 Å². The van der Waals surface area contributed by atoms with Crippen LogP contribution in [0, 0.1) is 0 Å². The summed E-state index contributed by atoms with van der Waals surface area (Å²) < 4.78 is 0. The molecule has 1 heterocycles. The minimum Gasteiger partial charge on any atom is -0.247 e. The van der Waals surface area contributed by atoms with Crippen LogP contribution in [0.25, 0.3) is 22.2 Å². The zero-order chi connectivity index (χ0) is 14.2. The maximum absolute atomic E-state index is 6.51. The van der Waals surface area contributed by atoms with Crippen molar-refractivity contribution in [2.45, 2.75) is 25.7 Å². The number of pyridine rings is 1. The average molecular weight is 294 g/mol. The molecule has 1 aliphatic carbocycles. The van der Waals surface area contributed by atoms with Crippen molar-refractivity contribution >= 4 is 22.5 Å². The van der Waals surface area contributed by atoms with E-state index >= 15 is 0 Å². The molecule has 0 N–H and O–H groups in total. The van der Waals surface area contributed by atoms with E-state index in [0.29, 0.717) is 0 Å². The standard InChI is InChI=1S/C19H16ClN/c20-17-12-18(14-7-2-1-3-8-14)21-19-15-9-5-4-6-13(15)10-11-16(17)19/h1-3,7-8,10-12H,4-6,9H2. The lowest BCUT2D eigenvalue weighted by molar-refractivity contribution is 0.689. The minimum atomic E-state index is 0.798. The predicted octanol–water partition coefficient (Wildman–Crippen LogP) is 5.43. The van der Waals surface area contributed by atoms with Crippen LogP contribution in [0.15, 0.2) is 48.5 Å². The number of aryl methyl sites for hydroxylation is 2. The van der Waals surface area contributed by atoms with E-state index in [1.807, 2.05) is 24.3 Å². The highest BCUT2D eigenvalue weighted by molar-refractivity contribution is 6.35. The van der Waals surface area contributed by atoms with E-state index in [9.17, 15) is 0 Å². The second kappa shape index (κ2) is 5.16. The molecule has 21 heavy (non-hydrogen) atoms. The SMILES string of the molecule is Clc1cc(-c2ccccc2)nc2c3c(ccc12)CCCC3. The van der Waals surface area contributed by atoms with Crippen molar-refractivity contribution < 1.29 is 0 Å². The van der Waals surface area contributed by atoms with E-state index in [4.69, 9.17) is 16.6 Å². The fourth-order valence-electron chi connectivity index (χ4n) is 3.24. The van der Waals surface area contributed by atoms with Gasteiger partial charge in [0.05, 0.1) is 16.2 Å². The average Bonchev–Trinajstić information content (AvgIpc) is 2.55. The van der Waals surface area contributed by atoms with Crippen molar-refractivity contribution in [2.24, 2.45) is 0 Å². The Bertz CT molecular complexity index is 809. The Kier molecular flexibility index (Phi) is 3.16. The summed E-state index contributed by atoms with van der Waals surface area (Å²) in [6.07, 6.45) is 4.82. The molecule has 1 nitrogen and oxygen atoms in total. The van der Waals surface area contributed by atoms with Gasteiger partial charge in [-0.05, 0) is 42.9 Å². The second-order valence-electron chi connectivity index (χ2n) is 5.66. The molecule has 0 spiro atoms. The summed E-state index contributed by atoms with van der Waals surface area (Å²) in [6, 6.07) is 16.6. The van der Waals surface area contributed by atoms with Gasteiger partial charge in [-0.3, -0.25) is 0 Å². The largest absolute Gasteiger partial charge is 0.247 e. The van der Waals surface area contributed by atoms with Gasteiger partial charge in [-0.2, -0.15) is 0 Å². The zero-order valence-corrected chi connectivity index (χ0v) is 12.5. The highest BCUT2D eigenvalue weighted by Crippen LogP contribution is 2.34. The fraction of sp³-hybridized carbons (Fsp3) is 0.211. The number of fused-ring (bicyclic) bond motifs is 3. The maximum Gasteiger partial charge on any atom is 0.0759 e. The van der Waals surface area contributed by atoms with Crippen LogP contribution in [0.5, 0.6) is 0 Å². The first-order valence-electron chi connectivity index (χ1n) is 7.49. The van der Waals surface area contributed by atoms with Crippen LogP contribution < -0.4 is 0 Å². The van der Waals surface area contributed by atoms with Gasteiger partial charge in [-0.1, -0.05) is 54.1 Å². The van der Waals surface area contributed by atoms with Crippen molar-refractivity contribution in [3.05, 3.63) is 64.7 Å². The number of aromatic nitrogens is 1.